The Morgan fingerprint density at radius 1 is 1.19 bits per heavy atom. The Labute approximate surface area is 165 Å². The van der Waals surface area contributed by atoms with E-state index in [9.17, 15) is 9.59 Å². The van der Waals surface area contributed by atoms with Crippen molar-refractivity contribution in [2.75, 3.05) is 38.0 Å². The Kier molecular flexibility index (Phi) is 6.47. The van der Waals surface area contributed by atoms with E-state index in [1.807, 2.05) is 4.90 Å². The summed E-state index contributed by atoms with van der Waals surface area (Å²) < 4.78 is 0. The van der Waals surface area contributed by atoms with Gasteiger partial charge in [-0.1, -0.05) is 32.1 Å². The Balaban J connectivity index is 1.40. The number of carbonyl (C=O) groups is 2. The molecule has 27 heavy (non-hydrogen) atoms. The lowest BCUT2D eigenvalue weighted by Crippen LogP contribution is -2.44. The molecule has 2 fully saturated rings. The normalized spacial score (nSPS) is 20.1. The molecule has 3 rings (SSSR count). The minimum atomic E-state index is -0.0573. The number of carbonyl (C=O) groups excluding carboxylic acids is 2. The molecule has 8 heteroatoms. The Morgan fingerprint density at radius 2 is 1.93 bits per heavy atom. The number of rotatable bonds is 5. The van der Waals surface area contributed by atoms with Crippen molar-refractivity contribution in [3.05, 3.63) is 5.01 Å². The van der Waals surface area contributed by atoms with Gasteiger partial charge < -0.3 is 4.90 Å². The average molecular weight is 394 g/mol. The van der Waals surface area contributed by atoms with E-state index in [4.69, 9.17) is 0 Å². The van der Waals surface area contributed by atoms with Gasteiger partial charge in [0.1, 0.15) is 5.01 Å². The van der Waals surface area contributed by atoms with E-state index in [0.717, 1.165) is 56.9 Å². The monoisotopic (exact) mass is 393 g/mol. The van der Waals surface area contributed by atoms with Gasteiger partial charge >= 0.3 is 0 Å². The first-order chi connectivity index (χ1) is 12.8. The first-order valence-electron chi connectivity index (χ1n) is 9.95. The molecule has 7 nitrogen and oxygen atoms in total. The zero-order valence-corrected chi connectivity index (χ0v) is 17.5. The zero-order valence-electron chi connectivity index (χ0n) is 16.7. The van der Waals surface area contributed by atoms with Crippen molar-refractivity contribution in [1.82, 2.24) is 20.0 Å². The highest BCUT2D eigenvalue weighted by molar-refractivity contribution is 7.15. The average Bonchev–Trinajstić information content (AvgIpc) is 3.07. The topological polar surface area (TPSA) is 78.4 Å². The molecule has 1 aromatic heterocycles. The van der Waals surface area contributed by atoms with Crippen LogP contribution < -0.4 is 5.32 Å². The number of hydrogen-bond donors (Lipinski definition) is 1. The summed E-state index contributed by atoms with van der Waals surface area (Å²) in [5, 5.41) is 12.6. The van der Waals surface area contributed by atoms with Crippen LogP contribution in [0.3, 0.4) is 0 Å². The zero-order chi connectivity index (χ0) is 19.4. The van der Waals surface area contributed by atoms with Gasteiger partial charge in [0.2, 0.25) is 16.9 Å². The molecule has 0 unspecified atom stereocenters. The number of nitrogens with one attached hydrogen (secondary N) is 1. The highest BCUT2D eigenvalue weighted by Crippen LogP contribution is 2.27. The third-order valence-electron chi connectivity index (χ3n) is 5.29. The summed E-state index contributed by atoms with van der Waals surface area (Å²) >= 11 is 1.44. The van der Waals surface area contributed by atoms with Crippen molar-refractivity contribution >= 4 is 28.3 Å². The standard InChI is InChI=1S/C19H31N5O2S/c1-19(2,3)17-21-22-18(27-17)20-15(25)13-23-10-7-14(8-11-23)12-24-9-5-4-6-16(24)26/h14H,4-13H2,1-3H3,(H,20,22,25). The summed E-state index contributed by atoms with van der Waals surface area (Å²) in [7, 11) is 0. The molecule has 1 N–H and O–H groups in total. The second-order valence-corrected chi connectivity index (χ2v) is 9.70. The van der Waals surface area contributed by atoms with Crippen LogP contribution in [0.4, 0.5) is 5.13 Å². The molecule has 150 valence electrons. The molecular weight excluding hydrogens is 362 g/mol. The van der Waals surface area contributed by atoms with E-state index in [1.165, 1.54) is 11.3 Å². The van der Waals surface area contributed by atoms with Crippen LogP contribution in [0, 0.1) is 5.92 Å². The molecule has 1 aromatic rings. The minimum absolute atomic E-state index is 0.0312. The van der Waals surface area contributed by atoms with Crippen molar-refractivity contribution in [3.8, 4) is 0 Å². The van der Waals surface area contributed by atoms with Crippen LogP contribution in [0.2, 0.25) is 0 Å². The summed E-state index contributed by atoms with van der Waals surface area (Å²) in [6, 6.07) is 0. The van der Waals surface area contributed by atoms with E-state index in [2.05, 4.69) is 41.2 Å². The van der Waals surface area contributed by atoms with Gasteiger partial charge in [-0.15, -0.1) is 10.2 Å². The van der Waals surface area contributed by atoms with E-state index in [1.54, 1.807) is 0 Å². The fourth-order valence-electron chi connectivity index (χ4n) is 3.63. The molecule has 2 saturated heterocycles. The summed E-state index contributed by atoms with van der Waals surface area (Å²) in [6.07, 6.45) is 4.97. The number of amides is 2. The maximum absolute atomic E-state index is 12.3. The van der Waals surface area contributed by atoms with Crippen molar-refractivity contribution in [2.45, 2.75) is 58.3 Å². The van der Waals surface area contributed by atoms with Crippen molar-refractivity contribution < 1.29 is 9.59 Å². The number of aromatic nitrogens is 2. The molecule has 0 spiro atoms. The summed E-state index contributed by atoms with van der Waals surface area (Å²) in [6.45, 7) is 10.3. The lowest BCUT2D eigenvalue weighted by Gasteiger charge is -2.35. The Bertz CT molecular complexity index is 661. The van der Waals surface area contributed by atoms with Crippen molar-refractivity contribution in [2.24, 2.45) is 5.92 Å². The number of likely N-dealkylation sites (tertiary alicyclic amines) is 2. The summed E-state index contributed by atoms with van der Waals surface area (Å²) in [4.78, 5) is 28.5. The van der Waals surface area contributed by atoms with E-state index in [-0.39, 0.29) is 11.3 Å². The molecule has 2 amide bonds. The fourth-order valence-corrected chi connectivity index (χ4v) is 4.45. The smallest absolute Gasteiger partial charge is 0.240 e. The van der Waals surface area contributed by atoms with Gasteiger partial charge in [0.05, 0.1) is 6.54 Å². The van der Waals surface area contributed by atoms with Crippen LogP contribution in [0.1, 0.15) is 57.9 Å². The predicted molar refractivity (Wildman–Crippen MR) is 107 cm³/mol. The Morgan fingerprint density at radius 3 is 2.56 bits per heavy atom. The van der Waals surface area contributed by atoms with Crippen LogP contribution in [-0.2, 0) is 15.0 Å². The van der Waals surface area contributed by atoms with E-state index < -0.39 is 0 Å². The highest BCUT2D eigenvalue weighted by Gasteiger charge is 2.26. The largest absolute Gasteiger partial charge is 0.342 e. The quantitative estimate of drug-likeness (QED) is 0.832. The second-order valence-electron chi connectivity index (χ2n) is 8.73. The van der Waals surface area contributed by atoms with Gasteiger partial charge in [0, 0.05) is 24.9 Å². The van der Waals surface area contributed by atoms with Gasteiger partial charge in [0.25, 0.3) is 0 Å². The molecule has 0 bridgehead atoms. The van der Waals surface area contributed by atoms with E-state index >= 15 is 0 Å². The van der Waals surface area contributed by atoms with Gasteiger partial charge in [-0.25, -0.2) is 0 Å². The van der Waals surface area contributed by atoms with Crippen LogP contribution in [0.5, 0.6) is 0 Å². The van der Waals surface area contributed by atoms with Crippen molar-refractivity contribution in [1.29, 1.82) is 0 Å². The lowest BCUT2D eigenvalue weighted by molar-refractivity contribution is -0.134. The van der Waals surface area contributed by atoms with Gasteiger partial charge in [-0.3, -0.25) is 19.8 Å². The maximum Gasteiger partial charge on any atom is 0.240 e. The van der Waals surface area contributed by atoms with Gasteiger partial charge in [-0.05, 0) is 44.7 Å². The third kappa shape index (κ3) is 5.72. The number of anilines is 1. The van der Waals surface area contributed by atoms with Crippen LogP contribution in [-0.4, -0.2) is 64.5 Å². The molecule has 0 radical (unpaired) electrons. The van der Waals surface area contributed by atoms with Crippen LogP contribution in [0.25, 0.3) is 0 Å². The molecule has 2 aliphatic rings. The molecule has 0 saturated carbocycles. The summed E-state index contributed by atoms with van der Waals surface area (Å²) in [5.74, 6) is 0.842. The minimum Gasteiger partial charge on any atom is -0.342 e. The van der Waals surface area contributed by atoms with Crippen molar-refractivity contribution in [3.63, 3.8) is 0 Å². The lowest BCUT2D eigenvalue weighted by atomic mass is 9.95. The first-order valence-corrected chi connectivity index (χ1v) is 10.8. The number of hydrogen-bond acceptors (Lipinski definition) is 6. The molecule has 3 heterocycles. The van der Waals surface area contributed by atoms with E-state index in [0.29, 0.717) is 29.9 Å². The third-order valence-corrected chi connectivity index (χ3v) is 6.55. The van der Waals surface area contributed by atoms with Crippen LogP contribution >= 0.6 is 11.3 Å². The fraction of sp³-hybridized carbons (Fsp3) is 0.789. The summed E-state index contributed by atoms with van der Waals surface area (Å²) in [5.41, 5.74) is -0.0573. The van der Waals surface area contributed by atoms with Gasteiger partial charge in [-0.2, -0.15) is 0 Å². The number of nitrogens with zero attached hydrogens (tertiary/aromatic N) is 4. The highest BCUT2D eigenvalue weighted by atomic mass is 32.1. The first kappa shape index (κ1) is 20.2. The van der Waals surface area contributed by atoms with Gasteiger partial charge in [0.15, 0.2) is 0 Å². The molecule has 0 aliphatic carbocycles. The molecule has 0 aromatic carbocycles. The number of piperidine rings is 2. The molecular formula is C19H31N5O2S. The molecule has 0 atom stereocenters. The SMILES string of the molecule is CC(C)(C)c1nnc(NC(=O)CN2CCC(CN3CCCCC3=O)CC2)s1. The molecule has 2 aliphatic heterocycles. The Hall–Kier alpha value is -1.54. The van der Waals surface area contributed by atoms with Crippen LogP contribution in [0.15, 0.2) is 0 Å². The predicted octanol–water partition coefficient (Wildman–Crippen LogP) is 2.50. The second kappa shape index (κ2) is 8.65. The maximum atomic E-state index is 12.3.